The van der Waals surface area contributed by atoms with Crippen molar-refractivity contribution in [2.45, 2.75) is 44.1 Å². The fourth-order valence-electron chi connectivity index (χ4n) is 5.56. The number of piperidine rings is 1. The number of alkyl halides is 3. The van der Waals surface area contributed by atoms with Gasteiger partial charge in [-0.25, -0.2) is 0 Å². The number of likely N-dealkylation sites (tertiary alicyclic amines) is 1. The predicted octanol–water partition coefficient (Wildman–Crippen LogP) is 5.90. The smallest absolute Gasteiger partial charge is 0.416 e. The quantitative estimate of drug-likeness (QED) is 0.302. The van der Waals surface area contributed by atoms with Gasteiger partial charge < -0.3 is 19.4 Å². The van der Waals surface area contributed by atoms with Crippen LogP contribution in [0.15, 0.2) is 77.3 Å². The maximum Gasteiger partial charge on any atom is 0.416 e. The van der Waals surface area contributed by atoms with E-state index in [9.17, 15) is 18.0 Å². The molecule has 0 saturated carbocycles. The van der Waals surface area contributed by atoms with Crippen LogP contribution < -0.4 is 15.0 Å². The van der Waals surface area contributed by atoms with Crippen LogP contribution in [0.2, 0.25) is 0 Å². The number of ether oxygens (including phenoxy) is 1. The molecule has 7 nitrogen and oxygen atoms in total. The second kappa shape index (κ2) is 11.4. The highest BCUT2D eigenvalue weighted by atomic mass is 19.4. The van der Waals surface area contributed by atoms with Crippen LogP contribution in [-0.2, 0) is 12.7 Å². The lowest BCUT2D eigenvalue weighted by Crippen LogP contribution is -2.38. The van der Waals surface area contributed by atoms with Crippen LogP contribution in [0, 0.1) is 0 Å². The summed E-state index contributed by atoms with van der Waals surface area (Å²) in [6.45, 7) is 3.79. The van der Waals surface area contributed by atoms with E-state index in [0.717, 1.165) is 67.8 Å². The number of carbonyl (C=O) groups is 1. The zero-order valence-corrected chi connectivity index (χ0v) is 22.4. The molecule has 2 fully saturated rings. The van der Waals surface area contributed by atoms with Gasteiger partial charge in [0, 0.05) is 68.9 Å². The third-order valence-electron chi connectivity index (χ3n) is 7.74. The van der Waals surface area contributed by atoms with Gasteiger partial charge in [-0.15, -0.1) is 0 Å². The molecule has 2 saturated heterocycles. The minimum atomic E-state index is -4.33. The maximum atomic E-state index is 12.9. The molecule has 2 aromatic carbocycles. The number of hydrogen-bond acceptors (Lipinski definition) is 6. The Morgan fingerprint density at radius 1 is 1.00 bits per heavy atom. The molecule has 1 atom stereocenters. The summed E-state index contributed by atoms with van der Waals surface area (Å²) in [5, 5.41) is 3.88. The van der Waals surface area contributed by atoms with Gasteiger partial charge in [-0.05, 0) is 67.1 Å². The monoisotopic (exact) mass is 564 g/mol. The molecular weight excluding hydrogens is 533 g/mol. The van der Waals surface area contributed by atoms with E-state index in [0.29, 0.717) is 24.4 Å². The molecule has 0 aliphatic carbocycles. The summed E-state index contributed by atoms with van der Waals surface area (Å²) in [6, 6.07) is 18.5. The van der Waals surface area contributed by atoms with Crippen molar-refractivity contribution in [2.75, 3.05) is 31.1 Å². The van der Waals surface area contributed by atoms with Crippen LogP contribution in [0.1, 0.15) is 41.1 Å². The Morgan fingerprint density at radius 2 is 1.80 bits per heavy atom. The van der Waals surface area contributed by atoms with Crippen molar-refractivity contribution in [3.8, 4) is 5.75 Å². The number of furan rings is 1. The van der Waals surface area contributed by atoms with Gasteiger partial charge in [-0.1, -0.05) is 6.07 Å². The summed E-state index contributed by atoms with van der Waals surface area (Å²) in [5.74, 6) is 0.730. The van der Waals surface area contributed by atoms with E-state index >= 15 is 0 Å². The third-order valence-corrected chi connectivity index (χ3v) is 7.74. The van der Waals surface area contributed by atoms with Crippen molar-refractivity contribution >= 4 is 22.6 Å². The van der Waals surface area contributed by atoms with Crippen LogP contribution in [-0.4, -0.2) is 54.1 Å². The summed E-state index contributed by atoms with van der Waals surface area (Å²) in [7, 11) is 0. The van der Waals surface area contributed by atoms with Crippen molar-refractivity contribution < 1.29 is 27.1 Å². The van der Waals surface area contributed by atoms with E-state index in [1.54, 1.807) is 12.3 Å². The third kappa shape index (κ3) is 6.48. The number of fused-ring (bicyclic) bond motifs is 1. The predicted molar refractivity (Wildman–Crippen MR) is 149 cm³/mol. The molecule has 2 aliphatic rings. The molecule has 2 aliphatic heterocycles. The minimum Gasteiger partial charge on any atom is -0.490 e. The molecule has 41 heavy (non-hydrogen) atoms. The molecule has 0 spiro atoms. The van der Waals surface area contributed by atoms with E-state index < -0.39 is 11.7 Å². The Labute approximate surface area is 235 Å². The van der Waals surface area contributed by atoms with Crippen molar-refractivity contribution in [2.24, 2.45) is 0 Å². The largest absolute Gasteiger partial charge is 0.490 e. The zero-order chi connectivity index (χ0) is 28.4. The Morgan fingerprint density at radius 3 is 2.54 bits per heavy atom. The molecule has 0 bridgehead atoms. The van der Waals surface area contributed by atoms with Gasteiger partial charge in [-0.3, -0.25) is 14.7 Å². The lowest BCUT2D eigenvalue weighted by molar-refractivity contribution is -0.137. The Balaban J connectivity index is 1.01. The first-order valence-corrected chi connectivity index (χ1v) is 13.9. The van der Waals surface area contributed by atoms with E-state index in [1.165, 1.54) is 12.1 Å². The Kier molecular flexibility index (Phi) is 7.57. The summed E-state index contributed by atoms with van der Waals surface area (Å²) < 4.78 is 50.6. The van der Waals surface area contributed by atoms with Crippen molar-refractivity contribution in [1.29, 1.82) is 0 Å². The fourth-order valence-corrected chi connectivity index (χ4v) is 5.56. The SMILES string of the molecule is O=C(N[C@@H]1CCN(Cc2ccccn2)C1)c1cc2cc(OC3CCN(c4ccc(C(F)(F)F)cc4)CC3)ccc2o1. The number of nitrogens with zero attached hydrogens (tertiary/aromatic N) is 3. The molecule has 0 unspecified atom stereocenters. The van der Waals surface area contributed by atoms with E-state index in [2.05, 4.69) is 20.1 Å². The number of rotatable bonds is 7. The molecule has 6 rings (SSSR count). The van der Waals surface area contributed by atoms with Gasteiger partial charge >= 0.3 is 6.18 Å². The molecule has 4 aromatic rings. The molecular formula is C31H31F3N4O3. The highest BCUT2D eigenvalue weighted by Gasteiger charge is 2.30. The van der Waals surface area contributed by atoms with Crippen LogP contribution in [0.3, 0.4) is 0 Å². The van der Waals surface area contributed by atoms with Gasteiger partial charge in [0.15, 0.2) is 5.76 Å². The number of nitrogens with one attached hydrogen (secondary N) is 1. The van der Waals surface area contributed by atoms with Gasteiger partial charge in [0.1, 0.15) is 17.4 Å². The number of hydrogen-bond donors (Lipinski definition) is 1. The second-order valence-corrected chi connectivity index (χ2v) is 10.7. The Bertz CT molecular complexity index is 1480. The van der Waals surface area contributed by atoms with Crippen LogP contribution in [0.5, 0.6) is 5.75 Å². The van der Waals surface area contributed by atoms with Crippen LogP contribution >= 0.6 is 0 Å². The summed E-state index contributed by atoms with van der Waals surface area (Å²) in [6.07, 6.45) is -0.191. The minimum absolute atomic E-state index is 0.00998. The molecule has 4 heterocycles. The van der Waals surface area contributed by atoms with E-state index in [-0.39, 0.29) is 23.8 Å². The van der Waals surface area contributed by atoms with Crippen LogP contribution in [0.4, 0.5) is 18.9 Å². The lowest BCUT2D eigenvalue weighted by Gasteiger charge is -2.33. The Hall–Kier alpha value is -4.05. The summed E-state index contributed by atoms with van der Waals surface area (Å²) >= 11 is 0. The molecule has 10 heteroatoms. The number of halogens is 3. The average Bonchev–Trinajstić information content (AvgIpc) is 3.60. The van der Waals surface area contributed by atoms with Gasteiger partial charge in [-0.2, -0.15) is 13.2 Å². The normalized spacial score (nSPS) is 18.6. The fraction of sp³-hybridized carbons (Fsp3) is 0.355. The number of anilines is 1. The van der Waals surface area contributed by atoms with Crippen molar-refractivity contribution in [3.63, 3.8) is 0 Å². The van der Waals surface area contributed by atoms with Crippen molar-refractivity contribution in [1.82, 2.24) is 15.2 Å². The molecule has 1 N–H and O–H groups in total. The number of pyridine rings is 1. The van der Waals surface area contributed by atoms with Gasteiger partial charge in [0.2, 0.25) is 0 Å². The second-order valence-electron chi connectivity index (χ2n) is 10.7. The molecule has 0 radical (unpaired) electrons. The first-order chi connectivity index (χ1) is 19.8. The van der Waals surface area contributed by atoms with Crippen molar-refractivity contribution in [3.05, 3.63) is 89.9 Å². The van der Waals surface area contributed by atoms with E-state index in [4.69, 9.17) is 9.15 Å². The number of carbonyl (C=O) groups excluding carboxylic acids is 1. The maximum absolute atomic E-state index is 12.9. The van der Waals surface area contributed by atoms with Gasteiger partial charge in [0.25, 0.3) is 5.91 Å². The first-order valence-electron chi connectivity index (χ1n) is 13.9. The van der Waals surface area contributed by atoms with Gasteiger partial charge in [0.05, 0.1) is 11.3 Å². The molecule has 214 valence electrons. The molecule has 1 amide bonds. The lowest BCUT2D eigenvalue weighted by atomic mass is 10.1. The summed E-state index contributed by atoms with van der Waals surface area (Å²) in [5.41, 5.74) is 1.76. The topological polar surface area (TPSA) is 70.8 Å². The summed E-state index contributed by atoms with van der Waals surface area (Å²) in [4.78, 5) is 21.7. The number of aromatic nitrogens is 1. The molecule has 2 aromatic heterocycles. The number of amides is 1. The van der Waals surface area contributed by atoms with E-state index in [1.807, 2.05) is 36.4 Å². The standard InChI is InChI=1S/C31H31F3N4O3/c32-31(33,34)22-4-6-25(7-5-22)38-15-11-26(12-16-38)40-27-8-9-28-21(17-27)18-29(41-28)30(39)36-24-10-14-37(20-24)19-23-3-1-2-13-35-23/h1-9,13,17-18,24,26H,10-12,14-16,19-20H2,(H,36,39)/t24-/m1/s1. The van der Waals surface area contributed by atoms with Crippen LogP contribution in [0.25, 0.3) is 11.0 Å². The average molecular weight is 565 g/mol. The first kappa shape index (κ1) is 27.1. The highest BCUT2D eigenvalue weighted by Crippen LogP contribution is 2.32. The zero-order valence-electron chi connectivity index (χ0n) is 22.4. The highest BCUT2D eigenvalue weighted by molar-refractivity contribution is 5.96. The number of benzene rings is 2.